The predicted octanol–water partition coefficient (Wildman–Crippen LogP) is 2.87. The second-order valence-corrected chi connectivity index (χ2v) is 6.33. The molecule has 2 nitrogen and oxygen atoms in total. The van der Waals surface area contributed by atoms with E-state index >= 15 is 0 Å². The van der Waals surface area contributed by atoms with Crippen molar-refractivity contribution >= 4 is 0 Å². The molecule has 1 aliphatic rings. The summed E-state index contributed by atoms with van der Waals surface area (Å²) in [5.41, 5.74) is 6.73. The lowest BCUT2D eigenvalue weighted by Crippen LogP contribution is -2.52. The minimum atomic E-state index is 0.387. The van der Waals surface area contributed by atoms with E-state index in [9.17, 15) is 0 Å². The van der Waals surface area contributed by atoms with Crippen molar-refractivity contribution in [1.82, 2.24) is 4.90 Å². The molecule has 0 amide bonds. The van der Waals surface area contributed by atoms with Gasteiger partial charge in [0.2, 0.25) is 0 Å². The molecule has 0 radical (unpaired) electrons. The van der Waals surface area contributed by atoms with Crippen LogP contribution in [0.25, 0.3) is 0 Å². The van der Waals surface area contributed by atoms with Crippen LogP contribution in [0.3, 0.4) is 0 Å². The second-order valence-electron chi connectivity index (χ2n) is 6.33. The second kappa shape index (κ2) is 5.50. The molecule has 0 aliphatic heterocycles. The summed E-state index contributed by atoms with van der Waals surface area (Å²) in [5, 5.41) is 0. The summed E-state index contributed by atoms with van der Waals surface area (Å²) in [6.45, 7) is 13.9. The first-order valence-electron chi connectivity index (χ1n) is 6.89. The normalized spacial score (nSPS) is 32.1. The molecular weight excluding hydrogens is 196 g/mol. The highest BCUT2D eigenvalue weighted by atomic mass is 15.2. The average Bonchev–Trinajstić information content (AvgIpc) is 2.20. The van der Waals surface area contributed by atoms with Gasteiger partial charge in [-0.25, -0.2) is 0 Å². The Morgan fingerprint density at radius 1 is 1.12 bits per heavy atom. The van der Waals surface area contributed by atoms with Gasteiger partial charge in [0.15, 0.2) is 0 Å². The zero-order chi connectivity index (χ0) is 12.3. The number of hydrogen-bond donors (Lipinski definition) is 1. The molecule has 1 saturated carbocycles. The molecule has 0 spiro atoms. The minimum absolute atomic E-state index is 0.387. The van der Waals surface area contributed by atoms with Crippen LogP contribution in [-0.2, 0) is 0 Å². The van der Waals surface area contributed by atoms with Crippen LogP contribution >= 0.6 is 0 Å². The first-order valence-corrected chi connectivity index (χ1v) is 6.89. The Kier molecular flexibility index (Phi) is 4.81. The summed E-state index contributed by atoms with van der Waals surface area (Å²) >= 11 is 0. The minimum Gasteiger partial charge on any atom is -0.326 e. The van der Waals surface area contributed by atoms with E-state index in [1.807, 2.05) is 0 Å². The number of hydrogen-bond acceptors (Lipinski definition) is 2. The van der Waals surface area contributed by atoms with Crippen molar-refractivity contribution < 1.29 is 0 Å². The molecule has 0 aromatic carbocycles. The van der Waals surface area contributed by atoms with Crippen molar-refractivity contribution in [3.05, 3.63) is 0 Å². The molecule has 96 valence electrons. The lowest BCUT2D eigenvalue weighted by molar-refractivity contribution is 0.0754. The van der Waals surface area contributed by atoms with E-state index < -0.39 is 0 Å². The van der Waals surface area contributed by atoms with Crippen molar-refractivity contribution in [2.45, 2.75) is 66.0 Å². The molecule has 1 rings (SSSR count). The van der Waals surface area contributed by atoms with Gasteiger partial charge in [-0.05, 0) is 43.7 Å². The summed E-state index contributed by atoms with van der Waals surface area (Å²) in [6, 6.07) is 0.992. The first-order chi connectivity index (χ1) is 7.40. The van der Waals surface area contributed by atoms with Crippen molar-refractivity contribution in [3.63, 3.8) is 0 Å². The molecule has 0 heterocycles. The van der Waals surface area contributed by atoms with E-state index in [1.165, 1.54) is 19.3 Å². The summed E-state index contributed by atoms with van der Waals surface area (Å²) in [4.78, 5) is 2.54. The van der Waals surface area contributed by atoms with Crippen LogP contribution in [0.1, 0.15) is 53.9 Å². The van der Waals surface area contributed by atoms with E-state index in [1.54, 1.807) is 0 Å². The molecule has 0 bridgehead atoms. The van der Waals surface area contributed by atoms with Crippen molar-refractivity contribution in [1.29, 1.82) is 0 Å². The Balaban J connectivity index is 2.68. The van der Waals surface area contributed by atoms with Gasteiger partial charge in [-0.3, -0.25) is 4.90 Å². The van der Waals surface area contributed by atoms with Crippen LogP contribution in [0.5, 0.6) is 0 Å². The number of nitrogens with zero attached hydrogens (tertiary/aromatic N) is 1. The van der Waals surface area contributed by atoms with Crippen LogP contribution in [0.2, 0.25) is 0 Å². The maximum atomic E-state index is 6.29. The Bertz CT molecular complexity index is 203. The van der Waals surface area contributed by atoms with Gasteiger partial charge in [-0.2, -0.15) is 0 Å². The van der Waals surface area contributed by atoms with Crippen LogP contribution in [0.4, 0.5) is 0 Å². The quantitative estimate of drug-likeness (QED) is 0.802. The molecular formula is C14H30N2. The fourth-order valence-electron chi connectivity index (χ4n) is 3.07. The first kappa shape index (κ1) is 14.0. The van der Waals surface area contributed by atoms with Crippen LogP contribution in [0, 0.1) is 11.3 Å². The summed E-state index contributed by atoms with van der Waals surface area (Å²) in [6.07, 6.45) is 3.79. The zero-order valence-electron chi connectivity index (χ0n) is 11.8. The van der Waals surface area contributed by atoms with E-state index in [0.29, 0.717) is 17.5 Å². The monoisotopic (exact) mass is 226 g/mol. The molecule has 1 fully saturated rings. The predicted molar refractivity (Wildman–Crippen MR) is 71.5 cm³/mol. The largest absolute Gasteiger partial charge is 0.326 e. The maximum Gasteiger partial charge on any atom is 0.0249 e. The van der Waals surface area contributed by atoms with Gasteiger partial charge in [0.25, 0.3) is 0 Å². The molecule has 2 N–H and O–H groups in total. The third-order valence-electron chi connectivity index (χ3n) is 4.37. The number of nitrogens with two attached hydrogens (primary N) is 1. The molecule has 16 heavy (non-hydrogen) atoms. The number of rotatable bonds is 3. The third kappa shape index (κ3) is 3.21. The Labute approximate surface area is 102 Å². The van der Waals surface area contributed by atoms with E-state index in [4.69, 9.17) is 5.73 Å². The maximum absolute atomic E-state index is 6.29. The topological polar surface area (TPSA) is 29.3 Å². The van der Waals surface area contributed by atoms with Gasteiger partial charge >= 0.3 is 0 Å². The molecule has 2 heteroatoms. The highest BCUT2D eigenvalue weighted by Gasteiger charge is 2.36. The lowest BCUT2D eigenvalue weighted by atomic mass is 9.69. The van der Waals surface area contributed by atoms with Gasteiger partial charge in [-0.15, -0.1) is 0 Å². The zero-order valence-corrected chi connectivity index (χ0v) is 11.8. The van der Waals surface area contributed by atoms with Crippen LogP contribution in [0.15, 0.2) is 0 Å². The molecule has 1 aliphatic carbocycles. The van der Waals surface area contributed by atoms with Gasteiger partial charge in [-0.1, -0.05) is 34.6 Å². The summed E-state index contributed by atoms with van der Waals surface area (Å²) in [7, 11) is 0. The Hall–Kier alpha value is -0.0800. The van der Waals surface area contributed by atoms with Crippen molar-refractivity contribution in [2.24, 2.45) is 17.1 Å². The fraction of sp³-hybridized carbons (Fsp3) is 1.00. The van der Waals surface area contributed by atoms with Crippen molar-refractivity contribution in [2.75, 3.05) is 13.1 Å². The van der Waals surface area contributed by atoms with Gasteiger partial charge < -0.3 is 5.73 Å². The Morgan fingerprint density at radius 3 is 2.12 bits per heavy atom. The fourth-order valence-corrected chi connectivity index (χ4v) is 3.07. The Morgan fingerprint density at radius 2 is 1.69 bits per heavy atom. The van der Waals surface area contributed by atoms with Crippen molar-refractivity contribution in [3.8, 4) is 0 Å². The molecule has 3 atom stereocenters. The molecule has 3 unspecified atom stereocenters. The smallest absolute Gasteiger partial charge is 0.0249 e. The van der Waals surface area contributed by atoms with Gasteiger partial charge in [0.05, 0.1) is 0 Å². The van der Waals surface area contributed by atoms with Crippen LogP contribution < -0.4 is 5.73 Å². The number of likely N-dealkylation sites (N-methyl/N-ethyl adjacent to an activating group) is 1. The van der Waals surface area contributed by atoms with Gasteiger partial charge in [0.1, 0.15) is 0 Å². The SMILES string of the molecule is CCN(CC)C1CC(C(C)(C)C)CCC1N. The average molecular weight is 226 g/mol. The van der Waals surface area contributed by atoms with E-state index in [2.05, 4.69) is 39.5 Å². The molecule has 0 aromatic rings. The highest BCUT2D eigenvalue weighted by molar-refractivity contribution is 4.92. The highest BCUT2D eigenvalue weighted by Crippen LogP contribution is 2.38. The van der Waals surface area contributed by atoms with Crippen LogP contribution in [-0.4, -0.2) is 30.1 Å². The lowest BCUT2D eigenvalue weighted by Gasteiger charge is -2.44. The molecule has 0 saturated heterocycles. The third-order valence-corrected chi connectivity index (χ3v) is 4.37. The van der Waals surface area contributed by atoms with E-state index in [0.717, 1.165) is 19.0 Å². The van der Waals surface area contributed by atoms with E-state index in [-0.39, 0.29) is 0 Å². The summed E-state index contributed by atoms with van der Waals surface area (Å²) < 4.78 is 0. The summed E-state index contributed by atoms with van der Waals surface area (Å²) in [5.74, 6) is 0.831. The standard InChI is InChI=1S/C14H30N2/c1-6-16(7-2)13-10-11(14(3,4)5)8-9-12(13)15/h11-13H,6-10,15H2,1-5H3. The van der Waals surface area contributed by atoms with Gasteiger partial charge in [0, 0.05) is 12.1 Å². The molecule has 0 aromatic heterocycles.